The molecule has 0 aliphatic heterocycles. The van der Waals surface area contributed by atoms with Crippen molar-refractivity contribution in [2.24, 2.45) is 0 Å². The number of carbonyl (C=O) groups is 1. The molecule has 7 heteroatoms. The molecule has 0 bridgehead atoms. The fourth-order valence-electron chi connectivity index (χ4n) is 3.70. The number of aromatic nitrogens is 4. The second-order valence-electron chi connectivity index (χ2n) is 7.96. The van der Waals surface area contributed by atoms with Crippen molar-refractivity contribution in [3.8, 4) is 22.8 Å². The summed E-state index contributed by atoms with van der Waals surface area (Å²) >= 11 is 0. The van der Waals surface area contributed by atoms with Crippen LogP contribution in [0.3, 0.4) is 0 Å². The van der Waals surface area contributed by atoms with E-state index >= 15 is 0 Å². The molecule has 0 unspecified atom stereocenters. The highest BCUT2D eigenvalue weighted by Gasteiger charge is 2.15. The smallest absolute Gasteiger partial charge is 0.251 e. The average molecular weight is 456 g/mol. The van der Waals surface area contributed by atoms with Gasteiger partial charge >= 0.3 is 0 Å². The zero-order valence-electron chi connectivity index (χ0n) is 19.6. The van der Waals surface area contributed by atoms with E-state index in [1.54, 1.807) is 11.8 Å². The van der Waals surface area contributed by atoms with Gasteiger partial charge in [-0.2, -0.15) is 5.10 Å². The Kier molecular flexibility index (Phi) is 7.65. The highest BCUT2D eigenvalue weighted by Crippen LogP contribution is 2.24. The summed E-state index contributed by atoms with van der Waals surface area (Å²) in [5, 5.41) is 7.70. The first-order valence-electron chi connectivity index (χ1n) is 11.6. The van der Waals surface area contributed by atoms with Gasteiger partial charge in [-0.25, -0.2) is 9.67 Å². The van der Waals surface area contributed by atoms with E-state index in [0.29, 0.717) is 12.1 Å². The van der Waals surface area contributed by atoms with Gasteiger partial charge in [0.2, 0.25) is 0 Å². The molecule has 0 saturated heterocycles. The third-order valence-corrected chi connectivity index (χ3v) is 5.60. The second-order valence-corrected chi connectivity index (χ2v) is 7.96. The molecule has 1 amide bonds. The Bertz CT molecular complexity index is 1220. The molecule has 0 aliphatic rings. The summed E-state index contributed by atoms with van der Waals surface area (Å²) in [5.41, 5.74) is 3.59. The SMILES string of the molecule is CCc1nc(-c2ccc(OC)cc2)n(-c2cccc(C(=O)NCCCCc3ccncc3)c2)n1. The molecule has 4 aromatic rings. The average Bonchev–Trinajstić information content (AvgIpc) is 3.34. The van der Waals surface area contributed by atoms with E-state index < -0.39 is 0 Å². The van der Waals surface area contributed by atoms with E-state index in [1.807, 2.05) is 80.0 Å². The molecular formula is C27H29N5O2. The Hall–Kier alpha value is -4.00. The van der Waals surface area contributed by atoms with Crippen molar-refractivity contribution in [2.45, 2.75) is 32.6 Å². The zero-order valence-corrected chi connectivity index (χ0v) is 19.6. The van der Waals surface area contributed by atoms with Crippen LogP contribution in [0, 0.1) is 0 Å². The number of nitrogens with one attached hydrogen (secondary N) is 1. The maximum absolute atomic E-state index is 12.8. The van der Waals surface area contributed by atoms with Gasteiger partial charge in [-0.05, 0) is 79.4 Å². The number of hydrogen-bond donors (Lipinski definition) is 1. The first kappa shape index (κ1) is 23.2. The number of unbranched alkanes of at least 4 members (excludes halogenated alkanes) is 1. The molecule has 2 aromatic carbocycles. The summed E-state index contributed by atoms with van der Waals surface area (Å²) in [5.74, 6) is 2.17. The Balaban J connectivity index is 1.44. The number of benzene rings is 2. The Morgan fingerprint density at radius 2 is 1.82 bits per heavy atom. The number of methoxy groups -OCH3 is 1. The number of carbonyl (C=O) groups excluding carboxylic acids is 1. The standard InChI is InChI=1S/C27H29N5O2/c1-3-25-30-26(21-10-12-24(34-2)13-11-21)32(31-25)23-9-6-8-22(19-23)27(33)29-16-5-4-7-20-14-17-28-18-15-20/h6,8-15,17-19H,3-5,7,16H2,1-2H3,(H,29,33). The van der Waals surface area contributed by atoms with Gasteiger partial charge in [-0.3, -0.25) is 9.78 Å². The molecular weight excluding hydrogens is 426 g/mol. The quantitative estimate of drug-likeness (QED) is 0.352. The molecule has 0 atom stereocenters. The first-order chi connectivity index (χ1) is 16.7. The zero-order chi connectivity index (χ0) is 23.8. The summed E-state index contributed by atoms with van der Waals surface area (Å²) in [4.78, 5) is 21.5. The minimum absolute atomic E-state index is 0.0902. The molecule has 2 aromatic heterocycles. The van der Waals surface area contributed by atoms with Crippen molar-refractivity contribution in [2.75, 3.05) is 13.7 Å². The molecule has 0 saturated carbocycles. The summed E-state index contributed by atoms with van der Waals surface area (Å²) in [6.45, 7) is 2.66. The largest absolute Gasteiger partial charge is 0.497 e. The Labute approximate surface area is 199 Å². The van der Waals surface area contributed by atoms with Gasteiger partial charge in [0, 0.05) is 36.5 Å². The van der Waals surface area contributed by atoms with Crippen molar-refractivity contribution in [1.82, 2.24) is 25.1 Å². The predicted molar refractivity (Wildman–Crippen MR) is 132 cm³/mol. The topological polar surface area (TPSA) is 81.9 Å². The van der Waals surface area contributed by atoms with E-state index in [1.165, 1.54) is 5.56 Å². The van der Waals surface area contributed by atoms with Crippen LogP contribution in [0.25, 0.3) is 17.1 Å². The third kappa shape index (κ3) is 5.67. The van der Waals surface area contributed by atoms with Crippen LogP contribution in [0.2, 0.25) is 0 Å². The first-order valence-corrected chi connectivity index (χ1v) is 11.6. The lowest BCUT2D eigenvalue weighted by Crippen LogP contribution is -2.24. The van der Waals surface area contributed by atoms with E-state index in [9.17, 15) is 4.79 Å². The molecule has 4 rings (SSSR count). The number of aryl methyl sites for hydroxylation is 2. The van der Waals surface area contributed by atoms with Gasteiger partial charge in [0.05, 0.1) is 12.8 Å². The summed E-state index contributed by atoms with van der Waals surface area (Å²) < 4.78 is 7.07. The monoisotopic (exact) mass is 455 g/mol. The number of pyridine rings is 1. The van der Waals surface area contributed by atoms with Gasteiger partial charge in [0.15, 0.2) is 11.6 Å². The lowest BCUT2D eigenvalue weighted by atomic mass is 10.1. The summed E-state index contributed by atoms with van der Waals surface area (Å²) in [6.07, 6.45) is 7.24. The summed E-state index contributed by atoms with van der Waals surface area (Å²) in [6, 6.07) is 19.3. The van der Waals surface area contributed by atoms with E-state index in [-0.39, 0.29) is 5.91 Å². The fraction of sp³-hybridized carbons (Fsp3) is 0.259. The number of hydrogen-bond acceptors (Lipinski definition) is 5. The van der Waals surface area contributed by atoms with Crippen molar-refractivity contribution >= 4 is 5.91 Å². The number of amides is 1. The van der Waals surface area contributed by atoms with Crippen LogP contribution in [0.15, 0.2) is 73.1 Å². The van der Waals surface area contributed by atoms with Crippen LogP contribution in [0.1, 0.15) is 41.5 Å². The van der Waals surface area contributed by atoms with Gasteiger partial charge in [0.25, 0.3) is 5.91 Å². The molecule has 0 spiro atoms. The minimum Gasteiger partial charge on any atom is -0.497 e. The van der Waals surface area contributed by atoms with Crippen LogP contribution in [-0.4, -0.2) is 39.3 Å². The van der Waals surface area contributed by atoms with Crippen LogP contribution in [-0.2, 0) is 12.8 Å². The van der Waals surface area contributed by atoms with Gasteiger partial charge < -0.3 is 10.1 Å². The number of nitrogens with zero attached hydrogens (tertiary/aromatic N) is 4. The van der Waals surface area contributed by atoms with E-state index in [4.69, 9.17) is 9.72 Å². The van der Waals surface area contributed by atoms with Crippen LogP contribution >= 0.6 is 0 Å². The van der Waals surface area contributed by atoms with Gasteiger partial charge in [-0.15, -0.1) is 0 Å². The lowest BCUT2D eigenvalue weighted by molar-refractivity contribution is 0.0953. The number of rotatable bonds is 10. The highest BCUT2D eigenvalue weighted by atomic mass is 16.5. The highest BCUT2D eigenvalue weighted by molar-refractivity contribution is 5.94. The Morgan fingerprint density at radius 3 is 2.56 bits per heavy atom. The van der Waals surface area contributed by atoms with Crippen molar-refractivity contribution in [3.63, 3.8) is 0 Å². The molecule has 174 valence electrons. The van der Waals surface area contributed by atoms with E-state index in [0.717, 1.165) is 54.3 Å². The van der Waals surface area contributed by atoms with Crippen LogP contribution in [0.4, 0.5) is 0 Å². The molecule has 2 heterocycles. The van der Waals surface area contributed by atoms with E-state index in [2.05, 4.69) is 15.4 Å². The van der Waals surface area contributed by atoms with Gasteiger partial charge in [0.1, 0.15) is 5.75 Å². The molecule has 34 heavy (non-hydrogen) atoms. The maximum atomic E-state index is 12.8. The predicted octanol–water partition coefficient (Wildman–Crippen LogP) is 4.65. The van der Waals surface area contributed by atoms with Crippen molar-refractivity contribution < 1.29 is 9.53 Å². The van der Waals surface area contributed by atoms with Crippen molar-refractivity contribution in [1.29, 1.82) is 0 Å². The third-order valence-electron chi connectivity index (χ3n) is 5.60. The summed E-state index contributed by atoms with van der Waals surface area (Å²) in [7, 11) is 1.64. The molecule has 0 fully saturated rings. The molecule has 0 aliphatic carbocycles. The number of ether oxygens (including phenoxy) is 1. The molecule has 1 N–H and O–H groups in total. The molecule has 7 nitrogen and oxygen atoms in total. The fourth-order valence-corrected chi connectivity index (χ4v) is 3.70. The van der Waals surface area contributed by atoms with Crippen LogP contribution < -0.4 is 10.1 Å². The Morgan fingerprint density at radius 1 is 1.03 bits per heavy atom. The molecule has 0 radical (unpaired) electrons. The van der Waals surface area contributed by atoms with Crippen molar-refractivity contribution in [3.05, 3.63) is 90.0 Å². The minimum atomic E-state index is -0.0902. The second kappa shape index (κ2) is 11.2. The van der Waals surface area contributed by atoms with Crippen LogP contribution in [0.5, 0.6) is 5.75 Å². The lowest BCUT2D eigenvalue weighted by Gasteiger charge is -2.09. The normalized spacial score (nSPS) is 10.8. The van der Waals surface area contributed by atoms with Gasteiger partial charge in [-0.1, -0.05) is 13.0 Å². The maximum Gasteiger partial charge on any atom is 0.251 e.